The quantitative estimate of drug-likeness (QED) is 0.879. The SMILES string of the molecule is CO[C@H](C)CO[C@@H](C)c1c(C(=O)O)cnc2cc(Cl)nn12. The third-order valence-corrected chi connectivity index (χ3v) is 3.27. The molecule has 8 heteroatoms. The summed E-state index contributed by atoms with van der Waals surface area (Å²) in [5.74, 6) is -1.10. The molecule has 0 bridgehead atoms. The van der Waals surface area contributed by atoms with E-state index in [0.29, 0.717) is 17.9 Å². The van der Waals surface area contributed by atoms with E-state index in [2.05, 4.69) is 10.1 Å². The number of carbonyl (C=O) groups is 1. The zero-order chi connectivity index (χ0) is 15.6. The molecule has 0 fully saturated rings. The van der Waals surface area contributed by atoms with E-state index in [1.54, 1.807) is 20.1 Å². The van der Waals surface area contributed by atoms with E-state index in [4.69, 9.17) is 21.1 Å². The second-order valence-corrected chi connectivity index (χ2v) is 5.01. The summed E-state index contributed by atoms with van der Waals surface area (Å²) in [7, 11) is 1.58. The summed E-state index contributed by atoms with van der Waals surface area (Å²) < 4.78 is 12.2. The Morgan fingerprint density at radius 2 is 2.24 bits per heavy atom. The van der Waals surface area contributed by atoms with Gasteiger partial charge in [-0.15, -0.1) is 0 Å². The van der Waals surface area contributed by atoms with Gasteiger partial charge in [0.15, 0.2) is 10.8 Å². The summed E-state index contributed by atoms with van der Waals surface area (Å²) in [6.45, 7) is 3.94. The molecular formula is C13H16ClN3O4. The number of aromatic carboxylic acids is 1. The lowest BCUT2D eigenvalue weighted by molar-refractivity contribution is -0.0167. The average molecular weight is 314 g/mol. The van der Waals surface area contributed by atoms with Gasteiger partial charge >= 0.3 is 5.97 Å². The molecule has 0 amide bonds. The number of aromatic nitrogens is 3. The van der Waals surface area contributed by atoms with Crippen LogP contribution >= 0.6 is 11.6 Å². The third kappa shape index (κ3) is 3.31. The summed E-state index contributed by atoms with van der Waals surface area (Å²) >= 11 is 5.86. The summed E-state index contributed by atoms with van der Waals surface area (Å²) in [4.78, 5) is 15.4. The molecule has 0 aliphatic heterocycles. The van der Waals surface area contributed by atoms with Crippen molar-refractivity contribution in [1.82, 2.24) is 14.6 Å². The van der Waals surface area contributed by atoms with E-state index in [1.165, 1.54) is 10.7 Å². The van der Waals surface area contributed by atoms with Crippen LogP contribution in [0.4, 0.5) is 0 Å². The topological polar surface area (TPSA) is 86.0 Å². The normalized spacial score (nSPS) is 14.3. The van der Waals surface area contributed by atoms with Gasteiger partial charge in [0.25, 0.3) is 0 Å². The van der Waals surface area contributed by atoms with Gasteiger partial charge in [0.2, 0.25) is 0 Å². The maximum absolute atomic E-state index is 11.4. The standard InChI is InChI=1S/C13H16ClN3O4/c1-7(20-3)6-21-8(2)12-9(13(18)19)5-15-11-4-10(14)16-17(11)12/h4-5,7-8H,6H2,1-3H3,(H,18,19)/t7-,8+/m1/s1. The molecule has 114 valence electrons. The largest absolute Gasteiger partial charge is 0.478 e. The molecule has 1 N–H and O–H groups in total. The second kappa shape index (κ2) is 6.38. The van der Waals surface area contributed by atoms with Crippen molar-refractivity contribution in [2.75, 3.05) is 13.7 Å². The molecule has 2 rings (SSSR count). The number of carboxylic acid groups (broad SMARTS) is 1. The van der Waals surface area contributed by atoms with Crippen LogP contribution in [0.3, 0.4) is 0 Å². The zero-order valence-corrected chi connectivity index (χ0v) is 12.7. The van der Waals surface area contributed by atoms with Crippen molar-refractivity contribution in [2.45, 2.75) is 26.1 Å². The van der Waals surface area contributed by atoms with Crippen LogP contribution in [0.15, 0.2) is 12.3 Å². The number of hydrogen-bond donors (Lipinski definition) is 1. The van der Waals surface area contributed by atoms with E-state index in [-0.39, 0.29) is 16.8 Å². The van der Waals surface area contributed by atoms with Crippen molar-refractivity contribution in [3.05, 3.63) is 28.7 Å². The molecule has 2 atom stereocenters. The average Bonchev–Trinajstić information content (AvgIpc) is 2.82. The summed E-state index contributed by atoms with van der Waals surface area (Å²) in [6.07, 6.45) is 0.680. The number of hydrogen-bond acceptors (Lipinski definition) is 5. The fourth-order valence-electron chi connectivity index (χ4n) is 1.91. The van der Waals surface area contributed by atoms with Crippen molar-refractivity contribution >= 4 is 23.2 Å². The predicted octanol–water partition coefficient (Wildman–Crippen LogP) is 2.19. The maximum atomic E-state index is 11.4. The minimum Gasteiger partial charge on any atom is -0.478 e. The molecule has 0 unspecified atom stereocenters. The fraction of sp³-hybridized carbons (Fsp3) is 0.462. The highest BCUT2D eigenvalue weighted by Gasteiger charge is 2.22. The van der Waals surface area contributed by atoms with Gasteiger partial charge in [-0.3, -0.25) is 0 Å². The molecule has 2 heterocycles. The first-order chi connectivity index (χ1) is 9.93. The van der Waals surface area contributed by atoms with E-state index in [1.807, 2.05) is 6.92 Å². The highest BCUT2D eigenvalue weighted by molar-refractivity contribution is 6.29. The Morgan fingerprint density at radius 1 is 1.52 bits per heavy atom. The molecule has 0 saturated carbocycles. The van der Waals surface area contributed by atoms with Gasteiger partial charge in [0.1, 0.15) is 5.56 Å². The van der Waals surface area contributed by atoms with Gasteiger partial charge in [0, 0.05) is 19.4 Å². The fourth-order valence-corrected chi connectivity index (χ4v) is 2.08. The molecule has 21 heavy (non-hydrogen) atoms. The smallest absolute Gasteiger partial charge is 0.339 e. The molecular weight excluding hydrogens is 298 g/mol. The van der Waals surface area contributed by atoms with Crippen molar-refractivity contribution in [1.29, 1.82) is 0 Å². The van der Waals surface area contributed by atoms with Crippen LogP contribution in [0, 0.1) is 0 Å². The number of rotatable bonds is 6. The highest BCUT2D eigenvalue weighted by atomic mass is 35.5. The lowest BCUT2D eigenvalue weighted by Gasteiger charge is -2.18. The first kappa shape index (κ1) is 15.7. The minimum absolute atomic E-state index is 0.0276. The Labute approximate surface area is 126 Å². The van der Waals surface area contributed by atoms with Crippen LogP contribution in [0.1, 0.15) is 36.0 Å². The van der Waals surface area contributed by atoms with E-state index >= 15 is 0 Å². The zero-order valence-electron chi connectivity index (χ0n) is 11.9. The van der Waals surface area contributed by atoms with Crippen LogP contribution in [0.25, 0.3) is 5.65 Å². The lowest BCUT2D eigenvalue weighted by atomic mass is 10.1. The predicted molar refractivity (Wildman–Crippen MR) is 75.8 cm³/mol. The third-order valence-electron chi connectivity index (χ3n) is 3.09. The van der Waals surface area contributed by atoms with Gasteiger partial charge in [-0.05, 0) is 13.8 Å². The molecule has 0 aliphatic rings. The van der Waals surface area contributed by atoms with Crippen LogP contribution in [-0.2, 0) is 9.47 Å². The number of halogens is 1. The van der Waals surface area contributed by atoms with E-state index in [0.717, 1.165) is 0 Å². The molecule has 0 saturated heterocycles. The van der Waals surface area contributed by atoms with Gasteiger partial charge in [-0.1, -0.05) is 11.6 Å². The number of methoxy groups -OCH3 is 1. The Bertz CT molecular complexity index is 658. The number of nitrogens with zero attached hydrogens (tertiary/aromatic N) is 3. The van der Waals surface area contributed by atoms with E-state index in [9.17, 15) is 9.90 Å². The lowest BCUT2D eigenvalue weighted by Crippen LogP contribution is -2.19. The molecule has 0 radical (unpaired) electrons. The summed E-state index contributed by atoms with van der Waals surface area (Å²) in [6, 6.07) is 1.56. The van der Waals surface area contributed by atoms with Gasteiger partial charge in [-0.2, -0.15) is 5.10 Å². The van der Waals surface area contributed by atoms with Crippen LogP contribution in [0.5, 0.6) is 0 Å². The van der Waals surface area contributed by atoms with Crippen molar-refractivity contribution in [2.24, 2.45) is 0 Å². The van der Waals surface area contributed by atoms with Gasteiger partial charge < -0.3 is 14.6 Å². The van der Waals surface area contributed by atoms with Crippen LogP contribution in [-0.4, -0.2) is 45.5 Å². The number of carboxylic acids is 1. The van der Waals surface area contributed by atoms with Gasteiger partial charge in [-0.25, -0.2) is 14.3 Å². The van der Waals surface area contributed by atoms with Gasteiger partial charge in [0.05, 0.1) is 24.5 Å². The molecule has 2 aromatic heterocycles. The van der Waals surface area contributed by atoms with Crippen molar-refractivity contribution < 1.29 is 19.4 Å². The molecule has 0 spiro atoms. The molecule has 0 aliphatic carbocycles. The maximum Gasteiger partial charge on any atom is 0.339 e. The van der Waals surface area contributed by atoms with Crippen LogP contribution in [0.2, 0.25) is 5.15 Å². The van der Waals surface area contributed by atoms with Crippen molar-refractivity contribution in [3.63, 3.8) is 0 Å². The highest BCUT2D eigenvalue weighted by Crippen LogP contribution is 2.23. The summed E-state index contributed by atoms with van der Waals surface area (Å²) in [5.41, 5.74) is 0.887. The monoisotopic (exact) mass is 313 g/mol. The van der Waals surface area contributed by atoms with Crippen molar-refractivity contribution in [3.8, 4) is 0 Å². The van der Waals surface area contributed by atoms with Crippen LogP contribution < -0.4 is 0 Å². The first-order valence-electron chi connectivity index (χ1n) is 6.36. The molecule has 7 nitrogen and oxygen atoms in total. The molecule has 0 aromatic carbocycles. The minimum atomic E-state index is -1.10. The Kier molecular flexibility index (Phi) is 4.76. The Hall–Kier alpha value is -1.70. The number of ether oxygens (including phenoxy) is 2. The molecule has 2 aromatic rings. The summed E-state index contributed by atoms with van der Waals surface area (Å²) in [5, 5.41) is 13.6. The second-order valence-electron chi connectivity index (χ2n) is 4.62. The van der Waals surface area contributed by atoms with E-state index < -0.39 is 12.1 Å². The Morgan fingerprint density at radius 3 is 2.86 bits per heavy atom. The number of fused-ring (bicyclic) bond motifs is 1. The Balaban J connectivity index is 2.43. The first-order valence-corrected chi connectivity index (χ1v) is 6.73.